The number of carbonyl (C=O) groups excluding carboxylic acids is 1. The Labute approximate surface area is 207 Å². The fraction of sp³-hybridized carbons (Fsp3) is 0.217. The van der Waals surface area contributed by atoms with Gasteiger partial charge in [-0.3, -0.25) is 4.79 Å². The van der Waals surface area contributed by atoms with Gasteiger partial charge < -0.3 is 15.3 Å². The van der Waals surface area contributed by atoms with Crippen LogP contribution in [0.4, 0.5) is 13.2 Å². The molecule has 0 saturated heterocycles. The zero-order valence-electron chi connectivity index (χ0n) is 17.2. The van der Waals surface area contributed by atoms with E-state index in [2.05, 4.69) is 10.5 Å². The monoisotopic (exact) mass is 530 g/mol. The highest BCUT2D eigenvalue weighted by atomic mass is 35.5. The van der Waals surface area contributed by atoms with E-state index in [0.29, 0.717) is 21.9 Å². The van der Waals surface area contributed by atoms with E-state index in [-0.39, 0.29) is 39.5 Å². The molecule has 1 atom stereocenters. The minimum Gasteiger partial charge on any atom is -0.395 e. The van der Waals surface area contributed by atoms with Crippen molar-refractivity contribution in [2.24, 2.45) is 5.16 Å². The Morgan fingerprint density at radius 3 is 2.35 bits per heavy atom. The lowest BCUT2D eigenvalue weighted by Crippen LogP contribution is -2.42. The van der Waals surface area contributed by atoms with Crippen LogP contribution < -0.4 is 5.32 Å². The van der Waals surface area contributed by atoms with Gasteiger partial charge in [0.1, 0.15) is 0 Å². The number of alkyl halides is 3. The zero-order valence-corrected chi connectivity index (χ0v) is 19.5. The molecule has 0 saturated carbocycles. The molecule has 0 radical (unpaired) electrons. The van der Waals surface area contributed by atoms with Crippen molar-refractivity contribution in [3.05, 3.63) is 80.3 Å². The molecule has 0 aromatic heterocycles. The molecule has 1 aliphatic heterocycles. The Hall–Kier alpha value is -2.52. The van der Waals surface area contributed by atoms with Crippen LogP contribution in [0.5, 0.6) is 0 Å². The SMILES string of the molecule is O=C(NCCO)c1ccc(C2=NOC(c3cc(Cl)c(Cl)c(Cl)c3)(C(F)(F)F)C2)c2ccccc12. The van der Waals surface area contributed by atoms with E-state index < -0.39 is 24.1 Å². The normalized spacial score (nSPS) is 18.0. The number of aliphatic hydroxyl groups is 1. The highest BCUT2D eigenvalue weighted by Crippen LogP contribution is 2.51. The number of benzene rings is 3. The molecule has 4 rings (SSSR count). The van der Waals surface area contributed by atoms with Gasteiger partial charge in [0.25, 0.3) is 11.5 Å². The summed E-state index contributed by atoms with van der Waals surface area (Å²) in [5, 5.41) is 16.0. The van der Waals surface area contributed by atoms with Crippen molar-refractivity contribution >= 4 is 57.2 Å². The number of nitrogens with zero attached hydrogens (tertiary/aromatic N) is 1. The number of hydrogen-bond acceptors (Lipinski definition) is 4. The Balaban J connectivity index is 1.79. The van der Waals surface area contributed by atoms with Crippen LogP contribution in [0.15, 0.2) is 53.7 Å². The third-order valence-electron chi connectivity index (χ3n) is 5.51. The third-order valence-corrected chi connectivity index (χ3v) is 6.71. The summed E-state index contributed by atoms with van der Waals surface area (Å²) in [5.74, 6) is -0.420. The Bertz CT molecular complexity index is 1290. The molecule has 3 aromatic carbocycles. The number of fused-ring (bicyclic) bond motifs is 1. The van der Waals surface area contributed by atoms with E-state index >= 15 is 0 Å². The summed E-state index contributed by atoms with van der Waals surface area (Å²) in [5.41, 5.74) is -2.42. The van der Waals surface area contributed by atoms with Crippen LogP contribution in [-0.2, 0) is 10.4 Å². The molecule has 34 heavy (non-hydrogen) atoms. The number of nitrogens with one attached hydrogen (secondary N) is 1. The predicted octanol–water partition coefficient (Wildman–Crippen LogP) is 6.10. The average molecular weight is 532 g/mol. The van der Waals surface area contributed by atoms with Gasteiger partial charge in [-0.25, -0.2) is 0 Å². The van der Waals surface area contributed by atoms with Gasteiger partial charge in [0.2, 0.25) is 0 Å². The maximum absolute atomic E-state index is 14.4. The van der Waals surface area contributed by atoms with Gasteiger partial charge in [-0.2, -0.15) is 13.2 Å². The lowest BCUT2D eigenvalue weighted by molar-refractivity contribution is -0.275. The second-order valence-corrected chi connectivity index (χ2v) is 8.76. The van der Waals surface area contributed by atoms with Crippen molar-refractivity contribution in [2.75, 3.05) is 13.2 Å². The van der Waals surface area contributed by atoms with Crippen molar-refractivity contribution in [1.29, 1.82) is 0 Å². The van der Waals surface area contributed by atoms with Gasteiger partial charge in [-0.05, 0) is 29.0 Å². The minimum atomic E-state index is -4.86. The number of rotatable bonds is 5. The van der Waals surface area contributed by atoms with E-state index in [9.17, 15) is 18.0 Å². The summed E-state index contributed by atoms with van der Waals surface area (Å²) in [4.78, 5) is 17.6. The van der Waals surface area contributed by atoms with E-state index in [1.807, 2.05) is 0 Å². The van der Waals surface area contributed by atoms with Gasteiger partial charge in [-0.1, -0.05) is 70.3 Å². The number of halogens is 6. The summed E-state index contributed by atoms with van der Waals surface area (Å²) in [6.07, 6.45) is -5.51. The molecular formula is C23H16Cl3F3N2O3. The van der Waals surface area contributed by atoms with Crippen molar-refractivity contribution in [3.63, 3.8) is 0 Å². The third kappa shape index (κ3) is 4.20. The summed E-state index contributed by atoms with van der Waals surface area (Å²) >= 11 is 17.9. The van der Waals surface area contributed by atoms with Gasteiger partial charge in [0.15, 0.2) is 0 Å². The molecule has 1 heterocycles. The van der Waals surface area contributed by atoms with Crippen molar-refractivity contribution in [2.45, 2.75) is 18.2 Å². The summed E-state index contributed by atoms with van der Waals surface area (Å²) in [6.45, 7) is -0.163. The quantitative estimate of drug-likeness (QED) is 0.391. The Morgan fingerprint density at radius 2 is 1.74 bits per heavy atom. The van der Waals surface area contributed by atoms with Gasteiger partial charge in [0.05, 0.1) is 27.4 Å². The number of oxime groups is 1. The molecule has 1 unspecified atom stereocenters. The first-order valence-corrected chi connectivity index (χ1v) is 11.1. The Morgan fingerprint density at radius 1 is 1.09 bits per heavy atom. The summed E-state index contributed by atoms with van der Waals surface area (Å²) in [6, 6.07) is 11.9. The molecule has 0 spiro atoms. The van der Waals surface area contributed by atoms with Crippen LogP contribution in [0.2, 0.25) is 15.1 Å². The molecule has 11 heteroatoms. The first kappa shape index (κ1) is 24.6. The van der Waals surface area contributed by atoms with Gasteiger partial charge >= 0.3 is 6.18 Å². The van der Waals surface area contributed by atoms with Crippen LogP contribution in [0.25, 0.3) is 10.8 Å². The first-order valence-electron chi connectivity index (χ1n) is 9.97. The van der Waals surface area contributed by atoms with E-state index in [0.717, 1.165) is 12.1 Å². The largest absolute Gasteiger partial charge is 0.435 e. The molecule has 178 valence electrons. The van der Waals surface area contributed by atoms with E-state index in [1.165, 1.54) is 12.1 Å². The smallest absolute Gasteiger partial charge is 0.395 e. The van der Waals surface area contributed by atoms with Crippen LogP contribution in [-0.4, -0.2) is 36.1 Å². The van der Waals surface area contributed by atoms with Crippen molar-refractivity contribution in [3.8, 4) is 0 Å². The number of hydrogen-bond donors (Lipinski definition) is 2. The average Bonchev–Trinajstić information content (AvgIpc) is 3.26. The van der Waals surface area contributed by atoms with Crippen LogP contribution in [0.3, 0.4) is 0 Å². The molecular weight excluding hydrogens is 516 g/mol. The molecule has 0 bridgehead atoms. The summed E-state index contributed by atoms with van der Waals surface area (Å²) < 4.78 is 43.1. The fourth-order valence-electron chi connectivity index (χ4n) is 3.85. The predicted molar refractivity (Wildman–Crippen MR) is 125 cm³/mol. The highest BCUT2D eigenvalue weighted by Gasteiger charge is 2.62. The molecule has 0 aliphatic carbocycles. The van der Waals surface area contributed by atoms with Crippen LogP contribution in [0.1, 0.15) is 27.9 Å². The summed E-state index contributed by atoms with van der Waals surface area (Å²) in [7, 11) is 0. The first-order chi connectivity index (χ1) is 16.1. The van der Waals surface area contributed by atoms with Crippen LogP contribution >= 0.6 is 34.8 Å². The lowest BCUT2D eigenvalue weighted by Gasteiger charge is -2.30. The molecule has 1 amide bonds. The van der Waals surface area contributed by atoms with E-state index in [1.54, 1.807) is 24.3 Å². The zero-order chi connectivity index (χ0) is 24.7. The van der Waals surface area contributed by atoms with Gasteiger partial charge in [0, 0.05) is 29.7 Å². The van der Waals surface area contributed by atoms with Crippen molar-refractivity contribution in [1.82, 2.24) is 5.32 Å². The highest BCUT2D eigenvalue weighted by molar-refractivity contribution is 6.48. The Kier molecular flexibility index (Phi) is 6.70. The van der Waals surface area contributed by atoms with Crippen LogP contribution in [0, 0.1) is 0 Å². The second kappa shape index (κ2) is 9.26. The van der Waals surface area contributed by atoms with Gasteiger partial charge in [-0.15, -0.1) is 0 Å². The minimum absolute atomic E-state index is 0.0398. The van der Waals surface area contributed by atoms with E-state index in [4.69, 9.17) is 44.7 Å². The molecule has 5 nitrogen and oxygen atoms in total. The maximum atomic E-state index is 14.4. The molecule has 0 fully saturated rings. The fourth-order valence-corrected chi connectivity index (χ4v) is 4.45. The molecule has 3 aromatic rings. The number of amides is 1. The van der Waals surface area contributed by atoms with Crippen molar-refractivity contribution < 1.29 is 27.9 Å². The maximum Gasteiger partial charge on any atom is 0.435 e. The standard InChI is InChI=1S/C23H16Cl3F3N2O3/c24-17-9-12(10-18(25)20(17)26)22(23(27,28)29)11-19(31-34-22)15-5-6-16(21(33)30-7-8-32)14-4-2-1-3-13(14)15/h1-6,9-10,32H,7-8,11H2,(H,30,33). The lowest BCUT2D eigenvalue weighted by atomic mass is 9.85. The number of aliphatic hydroxyl groups excluding tert-OH is 1. The molecule has 1 aliphatic rings. The second-order valence-electron chi connectivity index (χ2n) is 7.57. The topological polar surface area (TPSA) is 70.9 Å². The molecule has 2 N–H and O–H groups in total. The number of carbonyl (C=O) groups is 1.